The first-order chi connectivity index (χ1) is 12.5. The van der Waals surface area contributed by atoms with Crippen LogP contribution in [0.3, 0.4) is 0 Å². The number of hydrogen-bond donors (Lipinski definition) is 0. The van der Waals surface area contributed by atoms with E-state index in [0.717, 1.165) is 5.56 Å². The number of carbonyl (C=O) groups excluding carboxylic acids is 1. The van der Waals surface area contributed by atoms with E-state index in [4.69, 9.17) is 9.47 Å². The van der Waals surface area contributed by atoms with Crippen LogP contribution in [-0.4, -0.2) is 59.7 Å². The molecule has 9 nitrogen and oxygen atoms in total. The summed E-state index contributed by atoms with van der Waals surface area (Å²) in [6.45, 7) is 4.85. The summed E-state index contributed by atoms with van der Waals surface area (Å²) in [6, 6.07) is 9.27. The average Bonchev–Trinajstić information content (AvgIpc) is 3.20. The van der Waals surface area contributed by atoms with E-state index in [1.807, 2.05) is 30.3 Å². The molecule has 0 bridgehead atoms. The lowest BCUT2D eigenvalue weighted by Crippen LogP contribution is -2.41. The summed E-state index contributed by atoms with van der Waals surface area (Å²) in [5.74, 6) is 0.658. The van der Waals surface area contributed by atoms with Crippen LogP contribution in [0.1, 0.15) is 12.5 Å². The van der Waals surface area contributed by atoms with Gasteiger partial charge in [0, 0.05) is 25.6 Å². The second-order valence-corrected chi connectivity index (χ2v) is 6.55. The topological polar surface area (TPSA) is 97.5 Å². The molecule has 1 aromatic rings. The lowest BCUT2D eigenvalue weighted by atomic mass is 9.98. The molecular formula is C17H22N4O5. The number of ether oxygens (including phenoxy) is 2. The summed E-state index contributed by atoms with van der Waals surface area (Å²) in [5.41, 5.74) is 0.849. The molecule has 0 aromatic heterocycles. The molecule has 2 atom stereocenters. The van der Waals surface area contributed by atoms with Crippen LogP contribution in [0.4, 0.5) is 4.79 Å². The van der Waals surface area contributed by atoms with Gasteiger partial charge in [-0.15, -0.1) is 0 Å². The third kappa shape index (κ3) is 4.29. The number of amides is 1. The molecule has 140 valence electrons. The molecule has 0 N–H and O–H groups in total. The summed E-state index contributed by atoms with van der Waals surface area (Å²) in [5, 5.41) is 13.6. The fourth-order valence-electron chi connectivity index (χ4n) is 3.15. The van der Waals surface area contributed by atoms with Gasteiger partial charge in [0.1, 0.15) is 11.7 Å². The molecule has 2 aliphatic heterocycles. The maximum absolute atomic E-state index is 12.4. The first-order valence-electron chi connectivity index (χ1n) is 8.58. The minimum Gasteiger partial charge on any atom is -0.444 e. The van der Waals surface area contributed by atoms with Gasteiger partial charge in [-0.2, -0.15) is 0 Å². The second kappa shape index (κ2) is 8.13. The summed E-state index contributed by atoms with van der Waals surface area (Å²) in [7, 11) is 0. The third-order valence-electron chi connectivity index (χ3n) is 4.69. The summed E-state index contributed by atoms with van der Waals surface area (Å²) >= 11 is 0. The van der Waals surface area contributed by atoms with Crippen LogP contribution in [0.15, 0.2) is 35.4 Å². The predicted molar refractivity (Wildman–Crippen MR) is 92.8 cm³/mol. The van der Waals surface area contributed by atoms with Crippen LogP contribution in [-0.2, 0) is 16.1 Å². The normalized spacial score (nSPS) is 24.3. The van der Waals surface area contributed by atoms with Crippen molar-refractivity contribution in [1.82, 2.24) is 9.80 Å². The standard InChI is InChI=1S/C17H22N4O5/c1-13-10-25-12-15(13)9-19-7-8-20(16(19)18-21(23)24)17(22)26-11-14-5-3-2-4-6-14/h2-6,13,15H,7-12H2,1H3. The van der Waals surface area contributed by atoms with E-state index in [9.17, 15) is 14.9 Å². The number of carbonyl (C=O) groups is 1. The van der Waals surface area contributed by atoms with Gasteiger partial charge in [0.25, 0.3) is 5.96 Å². The molecule has 2 aliphatic rings. The Bertz CT molecular complexity index is 681. The highest BCUT2D eigenvalue weighted by Crippen LogP contribution is 2.23. The number of benzene rings is 1. The van der Waals surface area contributed by atoms with E-state index in [1.165, 1.54) is 4.90 Å². The van der Waals surface area contributed by atoms with Gasteiger partial charge in [-0.05, 0) is 11.5 Å². The third-order valence-corrected chi connectivity index (χ3v) is 4.69. The first-order valence-corrected chi connectivity index (χ1v) is 8.58. The zero-order valence-corrected chi connectivity index (χ0v) is 14.6. The zero-order chi connectivity index (χ0) is 18.5. The largest absolute Gasteiger partial charge is 0.444 e. The fraction of sp³-hybridized carbons (Fsp3) is 0.529. The van der Waals surface area contributed by atoms with Crippen molar-refractivity contribution < 1.29 is 19.3 Å². The van der Waals surface area contributed by atoms with Gasteiger partial charge in [0.15, 0.2) is 5.03 Å². The van der Waals surface area contributed by atoms with Crippen molar-refractivity contribution in [3.05, 3.63) is 46.0 Å². The van der Waals surface area contributed by atoms with Gasteiger partial charge >= 0.3 is 6.09 Å². The zero-order valence-electron chi connectivity index (χ0n) is 14.6. The van der Waals surface area contributed by atoms with Crippen LogP contribution in [0.5, 0.6) is 0 Å². The highest BCUT2D eigenvalue weighted by Gasteiger charge is 2.38. The molecule has 0 spiro atoms. The molecule has 0 saturated carbocycles. The Morgan fingerprint density at radius 3 is 2.77 bits per heavy atom. The molecule has 26 heavy (non-hydrogen) atoms. The molecule has 0 aliphatic carbocycles. The summed E-state index contributed by atoms with van der Waals surface area (Å²) in [4.78, 5) is 26.3. The molecule has 0 radical (unpaired) electrons. The van der Waals surface area contributed by atoms with Gasteiger partial charge in [-0.25, -0.2) is 19.8 Å². The van der Waals surface area contributed by atoms with Crippen molar-refractivity contribution >= 4 is 12.1 Å². The van der Waals surface area contributed by atoms with Gasteiger partial charge in [-0.3, -0.25) is 0 Å². The molecule has 1 amide bonds. The van der Waals surface area contributed by atoms with E-state index in [1.54, 1.807) is 4.90 Å². The van der Waals surface area contributed by atoms with Crippen molar-refractivity contribution in [3.63, 3.8) is 0 Å². The lowest BCUT2D eigenvalue weighted by Gasteiger charge is -2.23. The Balaban J connectivity index is 1.65. The maximum Gasteiger partial charge on any atom is 0.417 e. The maximum atomic E-state index is 12.4. The van der Waals surface area contributed by atoms with E-state index in [0.29, 0.717) is 38.8 Å². The Morgan fingerprint density at radius 1 is 1.35 bits per heavy atom. The highest BCUT2D eigenvalue weighted by molar-refractivity contribution is 5.95. The Kier molecular flexibility index (Phi) is 5.67. The number of nitro groups is 1. The Morgan fingerprint density at radius 2 is 2.12 bits per heavy atom. The molecule has 3 rings (SSSR count). The minimum atomic E-state index is -0.778. The number of guanidine groups is 1. The number of hydrazone groups is 1. The highest BCUT2D eigenvalue weighted by atomic mass is 16.7. The van der Waals surface area contributed by atoms with E-state index >= 15 is 0 Å². The Labute approximate surface area is 151 Å². The quantitative estimate of drug-likeness (QED) is 0.585. The minimum absolute atomic E-state index is 0.0344. The van der Waals surface area contributed by atoms with Crippen molar-refractivity contribution in [3.8, 4) is 0 Å². The van der Waals surface area contributed by atoms with Crippen LogP contribution in [0.2, 0.25) is 0 Å². The van der Waals surface area contributed by atoms with Crippen LogP contribution < -0.4 is 0 Å². The SMILES string of the molecule is CC1COCC1CN1CCN(C(=O)OCc2ccccc2)C1=N[N+](=O)[O-]. The van der Waals surface area contributed by atoms with Crippen molar-refractivity contribution in [1.29, 1.82) is 0 Å². The van der Waals surface area contributed by atoms with Crippen LogP contribution >= 0.6 is 0 Å². The number of nitrogens with zero attached hydrogens (tertiary/aromatic N) is 4. The van der Waals surface area contributed by atoms with Gasteiger partial charge in [-0.1, -0.05) is 37.3 Å². The van der Waals surface area contributed by atoms with E-state index in [2.05, 4.69) is 12.0 Å². The predicted octanol–water partition coefficient (Wildman–Crippen LogP) is 1.77. The smallest absolute Gasteiger partial charge is 0.417 e. The molecule has 2 unspecified atom stereocenters. The summed E-state index contributed by atoms with van der Waals surface area (Å²) in [6.07, 6.45) is -0.632. The molecular weight excluding hydrogens is 340 g/mol. The molecule has 2 saturated heterocycles. The molecule has 2 heterocycles. The number of rotatable bonds is 5. The molecule has 2 fully saturated rings. The average molecular weight is 362 g/mol. The van der Waals surface area contributed by atoms with Crippen molar-refractivity contribution in [2.45, 2.75) is 13.5 Å². The fourth-order valence-corrected chi connectivity index (χ4v) is 3.15. The number of hydrogen-bond acceptors (Lipinski definition) is 5. The Hall–Kier alpha value is -2.68. The van der Waals surface area contributed by atoms with E-state index < -0.39 is 11.1 Å². The van der Waals surface area contributed by atoms with Crippen LogP contribution in [0, 0.1) is 22.0 Å². The first kappa shape index (κ1) is 18.1. The second-order valence-electron chi connectivity index (χ2n) is 6.55. The van der Waals surface area contributed by atoms with Gasteiger partial charge < -0.3 is 14.4 Å². The summed E-state index contributed by atoms with van der Waals surface area (Å²) < 4.78 is 10.7. The van der Waals surface area contributed by atoms with Crippen LogP contribution in [0.25, 0.3) is 0 Å². The van der Waals surface area contributed by atoms with Gasteiger partial charge in [0.2, 0.25) is 0 Å². The van der Waals surface area contributed by atoms with E-state index in [-0.39, 0.29) is 18.5 Å². The molecule has 9 heteroatoms. The lowest BCUT2D eigenvalue weighted by molar-refractivity contribution is -0.486. The van der Waals surface area contributed by atoms with Gasteiger partial charge in [0.05, 0.1) is 13.2 Å². The van der Waals surface area contributed by atoms with Crippen molar-refractivity contribution in [2.75, 3.05) is 32.8 Å². The molecule has 1 aromatic carbocycles. The van der Waals surface area contributed by atoms with Crippen molar-refractivity contribution in [2.24, 2.45) is 16.9 Å². The monoisotopic (exact) mass is 362 g/mol.